The Morgan fingerprint density at radius 1 is 0.593 bits per heavy atom. The normalized spacial score (nSPS) is 24.7. The monoisotopic (exact) mass is 708 g/mol. The van der Waals surface area contributed by atoms with Gasteiger partial charge in [0.25, 0.3) is 0 Å². The van der Waals surface area contributed by atoms with Crippen LogP contribution < -0.4 is 10.6 Å². The van der Waals surface area contributed by atoms with E-state index < -0.39 is 0 Å². The maximum atomic E-state index is 5.42. The summed E-state index contributed by atoms with van der Waals surface area (Å²) in [6, 6.07) is 42.2. The Balaban J connectivity index is 1.11. The zero-order chi connectivity index (χ0) is 36.1. The summed E-state index contributed by atoms with van der Waals surface area (Å²) in [7, 11) is 0. The highest BCUT2D eigenvalue weighted by Gasteiger charge is 2.34. The number of nitrogens with zero attached hydrogens (tertiary/aromatic N) is 2. The first-order valence-electron chi connectivity index (χ1n) is 20.5. The third-order valence-corrected chi connectivity index (χ3v) is 12.4. The fraction of sp³-hybridized carbons (Fsp3) is 0.320. The quantitative estimate of drug-likeness (QED) is 0.179. The second-order valence-electron chi connectivity index (χ2n) is 15.8. The van der Waals surface area contributed by atoms with E-state index in [-0.39, 0.29) is 12.1 Å². The Hall–Kier alpha value is -5.22. The van der Waals surface area contributed by atoms with Crippen molar-refractivity contribution in [2.45, 2.75) is 94.7 Å². The summed E-state index contributed by atoms with van der Waals surface area (Å²) < 4.78 is 0. The summed E-state index contributed by atoms with van der Waals surface area (Å²) in [6.45, 7) is 0. The lowest BCUT2D eigenvalue weighted by Gasteiger charge is -2.38. The second kappa shape index (κ2) is 16.0. The van der Waals surface area contributed by atoms with E-state index in [1.807, 2.05) is 0 Å². The number of hydrogen-bond donors (Lipinski definition) is 2. The lowest BCUT2D eigenvalue weighted by atomic mass is 9.75. The first kappa shape index (κ1) is 34.5. The van der Waals surface area contributed by atoms with Crippen LogP contribution in [0.15, 0.2) is 172 Å². The minimum absolute atomic E-state index is 0.150. The van der Waals surface area contributed by atoms with Crippen LogP contribution in [0.25, 0.3) is 0 Å². The molecule has 4 aromatic rings. The van der Waals surface area contributed by atoms with Crippen LogP contribution >= 0.6 is 0 Å². The predicted molar refractivity (Wildman–Crippen MR) is 224 cm³/mol. The van der Waals surface area contributed by atoms with Crippen LogP contribution in [0.5, 0.6) is 0 Å². The number of rotatable bonds is 8. The molecule has 0 spiro atoms. The van der Waals surface area contributed by atoms with Gasteiger partial charge in [0.05, 0.1) is 6.04 Å². The van der Waals surface area contributed by atoms with Gasteiger partial charge in [-0.2, -0.15) is 0 Å². The van der Waals surface area contributed by atoms with Crippen LogP contribution in [0.1, 0.15) is 122 Å². The molecule has 1 saturated carbocycles. The van der Waals surface area contributed by atoms with E-state index in [4.69, 9.17) is 9.98 Å². The Morgan fingerprint density at radius 3 is 2.02 bits per heavy atom. The van der Waals surface area contributed by atoms with Crippen molar-refractivity contribution in [3.05, 3.63) is 190 Å². The van der Waals surface area contributed by atoms with E-state index in [1.54, 1.807) is 5.57 Å². The zero-order valence-electron chi connectivity index (χ0n) is 31.3. The SMILES string of the molecule is C1=CC(c2ccc(C3N=C(C4=CC=C(C5=C(C6CCCCC6)NC(c6ccccc6)CC5)CC4c4ccccc4)N=C(c4ccccc4)N3)cc2)CCC1. The van der Waals surface area contributed by atoms with Gasteiger partial charge in [0.2, 0.25) is 0 Å². The van der Waals surface area contributed by atoms with Crippen LogP contribution in [-0.4, -0.2) is 11.7 Å². The second-order valence-corrected chi connectivity index (χ2v) is 15.8. The van der Waals surface area contributed by atoms with Gasteiger partial charge in [-0.05, 0) is 90.7 Å². The summed E-state index contributed by atoms with van der Waals surface area (Å²) in [5.41, 5.74) is 12.1. The smallest absolute Gasteiger partial charge is 0.155 e. The highest BCUT2D eigenvalue weighted by Crippen LogP contribution is 2.45. The largest absolute Gasteiger partial charge is 0.381 e. The molecule has 0 saturated heterocycles. The van der Waals surface area contributed by atoms with Gasteiger partial charge in [-0.1, -0.05) is 159 Å². The van der Waals surface area contributed by atoms with Gasteiger partial charge in [0.1, 0.15) is 12.0 Å². The molecule has 0 amide bonds. The first-order chi connectivity index (χ1) is 26.8. The molecule has 0 bridgehead atoms. The highest BCUT2D eigenvalue weighted by atomic mass is 15.2. The lowest BCUT2D eigenvalue weighted by Crippen LogP contribution is -2.34. The summed E-state index contributed by atoms with van der Waals surface area (Å²) in [5, 5.41) is 7.87. The Bertz CT molecular complexity index is 2100. The number of amidine groups is 2. The minimum atomic E-state index is -0.232. The maximum Gasteiger partial charge on any atom is 0.155 e. The molecule has 2 N–H and O–H groups in total. The van der Waals surface area contributed by atoms with Gasteiger partial charge in [-0.25, -0.2) is 9.98 Å². The molecule has 0 aromatic heterocycles. The topological polar surface area (TPSA) is 48.8 Å². The summed E-state index contributed by atoms with van der Waals surface area (Å²) in [6.07, 6.45) is 22.7. The van der Waals surface area contributed by atoms with Crippen molar-refractivity contribution >= 4 is 11.7 Å². The third-order valence-electron chi connectivity index (χ3n) is 12.4. The molecule has 4 unspecified atom stereocenters. The Morgan fingerprint density at radius 2 is 1.30 bits per heavy atom. The number of hydrogen-bond acceptors (Lipinski definition) is 4. The van der Waals surface area contributed by atoms with E-state index in [0.717, 1.165) is 42.1 Å². The fourth-order valence-electron chi connectivity index (χ4n) is 9.44. The van der Waals surface area contributed by atoms with Crippen LogP contribution in [0.3, 0.4) is 0 Å². The average molecular weight is 709 g/mol. The van der Waals surface area contributed by atoms with E-state index in [1.165, 1.54) is 84.9 Å². The van der Waals surface area contributed by atoms with Crippen molar-refractivity contribution in [3.63, 3.8) is 0 Å². The molecule has 0 radical (unpaired) electrons. The molecule has 4 atom stereocenters. The summed E-state index contributed by atoms with van der Waals surface area (Å²) >= 11 is 0. The molecule has 3 aliphatic carbocycles. The van der Waals surface area contributed by atoms with Crippen LogP contribution in [0, 0.1) is 5.92 Å². The molecule has 5 aliphatic rings. The molecular formula is C50H52N4. The van der Waals surface area contributed by atoms with Gasteiger partial charge in [0, 0.05) is 28.7 Å². The molecule has 4 heteroatoms. The Labute approximate surface area is 321 Å². The first-order valence-corrected chi connectivity index (χ1v) is 20.5. The number of aliphatic imine (C=N–C) groups is 2. The summed E-state index contributed by atoms with van der Waals surface area (Å²) in [4.78, 5) is 10.7. The van der Waals surface area contributed by atoms with Gasteiger partial charge in [-0.3, -0.25) is 0 Å². The van der Waals surface area contributed by atoms with Crippen molar-refractivity contribution in [1.29, 1.82) is 0 Å². The lowest BCUT2D eigenvalue weighted by molar-refractivity contribution is 0.357. The highest BCUT2D eigenvalue weighted by molar-refractivity contribution is 6.13. The van der Waals surface area contributed by atoms with E-state index in [0.29, 0.717) is 17.9 Å². The summed E-state index contributed by atoms with van der Waals surface area (Å²) in [5.74, 6) is 2.96. The van der Waals surface area contributed by atoms with Crippen molar-refractivity contribution < 1.29 is 0 Å². The van der Waals surface area contributed by atoms with Crippen LogP contribution in [0.2, 0.25) is 0 Å². The Kier molecular flexibility index (Phi) is 10.2. The minimum Gasteiger partial charge on any atom is -0.381 e. The van der Waals surface area contributed by atoms with Gasteiger partial charge in [-0.15, -0.1) is 0 Å². The predicted octanol–water partition coefficient (Wildman–Crippen LogP) is 12.0. The van der Waals surface area contributed by atoms with Gasteiger partial charge >= 0.3 is 0 Å². The van der Waals surface area contributed by atoms with Crippen LogP contribution in [-0.2, 0) is 0 Å². The molecule has 272 valence electrons. The standard InChI is InChI=1S/C50H52N4/c1-6-16-35(17-7-1)36-26-28-41(29-27-36)49-52-48(40-24-14-5-15-25-40)53-50(54-49)44-31-30-42(34-45(44)37-18-8-2-9-19-37)43-32-33-46(38-20-10-3-11-21-38)51-47(43)39-22-12-4-13-23-39/h2-3,5-6,8-11,14-16,18-21,24-31,35,39,45-46,49,51H,1,4,7,12-13,17,22-23,32-34H2,(H,52,53,54). The van der Waals surface area contributed by atoms with Crippen molar-refractivity contribution in [1.82, 2.24) is 10.6 Å². The molecule has 4 aromatic carbocycles. The number of nitrogens with one attached hydrogen (secondary N) is 2. The van der Waals surface area contributed by atoms with Crippen molar-refractivity contribution in [2.75, 3.05) is 0 Å². The molecule has 9 rings (SSSR count). The van der Waals surface area contributed by atoms with E-state index in [2.05, 4.69) is 150 Å². The van der Waals surface area contributed by atoms with Crippen molar-refractivity contribution in [3.8, 4) is 0 Å². The maximum absolute atomic E-state index is 5.42. The van der Waals surface area contributed by atoms with E-state index >= 15 is 0 Å². The van der Waals surface area contributed by atoms with Crippen LogP contribution in [0.4, 0.5) is 0 Å². The molecule has 54 heavy (non-hydrogen) atoms. The third kappa shape index (κ3) is 7.44. The number of benzene rings is 4. The molecular weight excluding hydrogens is 657 g/mol. The molecule has 1 fully saturated rings. The molecule has 2 aliphatic heterocycles. The van der Waals surface area contributed by atoms with E-state index in [9.17, 15) is 0 Å². The number of allylic oxidation sites excluding steroid dienone is 7. The van der Waals surface area contributed by atoms with Gasteiger partial charge in [0.15, 0.2) is 5.84 Å². The fourth-order valence-corrected chi connectivity index (χ4v) is 9.44. The molecule has 2 heterocycles. The molecule has 4 nitrogen and oxygen atoms in total. The van der Waals surface area contributed by atoms with Crippen molar-refractivity contribution in [2.24, 2.45) is 15.9 Å². The van der Waals surface area contributed by atoms with Gasteiger partial charge < -0.3 is 10.6 Å². The zero-order valence-corrected chi connectivity index (χ0v) is 31.3. The average Bonchev–Trinajstić information content (AvgIpc) is 3.27.